The van der Waals surface area contributed by atoms with Crippen LogP contribution in [0.2, 0.25) is 5.02 Å². The molecule has 0 saturated heterocycles. The van der Waals surface area contributed by atoms with Crippen molar-refractivity contribution in [3.63, 3.8) is 0 Å². The highest BCUT2D eigenvalue weighted by atomic mass is 35.5. The van der Waals surface area contributed by atoms with E-state index in [0.717, 1.165) is 5.69 Å². The summed E-state index contributed by atoms with van der Waals surface area (Å²) in [5.74, 6) is 0.531. The van der Waals surface area contributed by atoms with E-state index in [1.54, 1.807) is 23.1 Å². The van der Waals surface area contributed by atoms with Crippen molar-refractivity contribution in [2.24, 2.45) is 0 Å². The van der Waals surface area contributed by atoms with Crippen molar-refractivity contribution in [1.82, 2.24) is 40.0 Å². The van der Waals surface area contributed by atoms with E-state index < -0.39 is 0 Å². The highest BCUT2D eigenvalue weighted by Gasteiger charge is 2.19. The Hall–Kier alpha value is -2.39. The van der Waals surface area contributed by atoms with Gasteiger partial charge in [-0.1, -0.05) is 22.9 Å². The number of aryl methyl sites for hydroxylation is 1. The zero-order chi connectivity index (χ0) is 14.4. The molecule has 10 heteroatoms. The zero-order valence-corrected chi connectivity index (χ0v) is 12.2. The lowest BCUT2D eigenvalue weighted by atomic mass is 10.4. The second-order valence-electron chi connectivity index (χ2n) is 4.23. The second-order valence-corrected chi connectivity index (χ2v) is 5.56. The van der Waals surface area contributed by atoms with E-state index in [1.807, 2.05) is 6.92 Å². The SMILES string of the molecule is Cc1[nH]nc(-c2nn3c(-c4cnccn4)nnc3s2)c1Cl. The molecule has 0 aliphatic heterocycles. The predicted molar refractivity (Wildman–Crippen MR) is 77.0 cm³/mol. The quantitative estimate of drug-likeness (QED) is 0.607. The molecule has 1 N–H and O–H groups in total. The maximum absolute atomic E-state index is 6.20. The smallest absolute Gasteiger partial charge is 0.235 e. The van der Waals surface area contributed by atoms with Gasteiger partial charge in [-0.05, 0) is 6.92 Å². The summed E-state index contributed by atoms with van der Waals surface area (Å²) in [6.07, 6.45) is 4.80. The molecule has 0 bridgehead atoms. The van der Waals surface area contributed by atoms with E-state index in [2.05, 4.69) is 35.5 Å². The molecule has 0 atom stereocenters. The minimum absolute atomic E-state index is 0.531. The van der Waals surface area contributed by atoms with E-state index in [1.165, 1.54) is 11.3 Å². The topological polar surface area (TPSA) is 97.5 Å². The molecule has 0 amide bonds. The Morgan fingerprint density at radius 3 is 2.90 bits per heavy atom. The van der Waals surface area contributed by atoms with Crippen molar-refractivity contribution in [2.75, 3.05) is 0 Å². The van der Waals surface area contributed by atoms with Gasteiger partial charge in [0.15, 0.2) is 5.01 Å². The largest absolute Gasteiger partial charge is 0.281 e. The van der Waals surface area contributed by atoms with Gasteiger partial charge in [0.25, 0.3) is 0 Å². The van der Waals surface area contributed by atoms with E-state index in [4.69, 9.17) is 11.6 Å². The van der Waals surface area contributed by atoms with E-state index in [0.29, 0.717) is 32.2 Å². The fourth-order valence-corrected chi connectivity index (χ4v) is 2.91. The highest BCUT2D eigenvalue weighted by molar-refractivity contribution is 7.19. The summed E-state index contributed by atoms with van der Waals surface area (Å²) in [7, 11) is 0. The second kappa shape index (κ2) is 4.57. The van der Waals surface area contributed by atoms with Gasteiger partial charge < -0.3 is 0 Å². The minimum atomic E-state index is 0.531. The average molecular weight is 319 g/mol. The lowest BCUT2D eigenvalue weighted by Crippen LogP contribution is -1.93. The molecule has 0 aromatic carbocycles. The first-order valence-corrected chi connectivity index (χ1v) is 7.13. The zero-order valence-electron chi connectivity index (χ0n) is 10.6. The van der Waals surface area contributed by atoms with Crippen LogP contribution in [0.3, 0.4) is 0 Å². The summed E-state index contributed by atoms with van der Waals surface area (Å²) >= 11 is 7.56. The number of nitrogens with one attached hydrogen (secondary N) is 1. The number of hydrogen-bond donors (Lipinski definition) is 1. The van der Waals surface area contributed by atoms with Crippen molar-refractivity contribution in [3.05, 3.63) is 29.3 Å². The van der Waals surface area contributed by atoms with Crippen molar-refractivity contribution in [3.8, 4) is 22.2 Å². The van der Waals surface area contributed by atoms with Gasteiger partial charge in [-0.3, -0.25) is 10.1 Å². The summed E-state index contributed by atoms with van der Waals surface area (Å²) in [6, 6.07) is 0. The molecule has 4 aromatic rings. The van der Waals surface area contributed by atoms with Crippen LogP contribution in [0.4, 0.5) is 0 Å². The van der Waals surface area contributed by atoms with Crippen LogP contribution < -0.4 is 0 Å². The van der Waals surface area contributed by atoms with Crippen molar-refractivity contribution >= 4 is 27.9 Å². The van der Waals surface area contributed by atoms with Gasteiger partial charge in [-0.2, -0.15) is 14.7 Å². The van der Waals surface area contributed by atoms with Crippen LogP contribution in [0.25, 0.3) is 27.2 Å². The third-order valence-electron chi connectivity index (χ3n) is 2.86. The highest BCUT2D eigenvalue weighted by Crippen LogP contribution is 2.31. The van der Waals surface area contributed by atoms with Crippen molar-refractivity contribution < 1.29 is 0 Å². The van der Waals surface area contributed by atoms with Crippen LogP contribution in [0.15, 0.2) is 18.6 Å². The molecule has 0 unspecified atom stereocenters. The van der Waals surface area contributed by atoms with Crippen LogP contribution in [-0.2, 0) is 0 Å². The molecular formula is C11H7ClN8S. The number of aromatic amines is 1. The van der Waals surface area contributed by atoms with E-state index >= 15 is 0 Å². The first-order valence-electron chi connectivity index (χ1n) is 5.93. The Kier molecular flexibility index (Phi) is 2.69. The maximum Gasteiger partial charge on any atom is 0.235 e. The Labute approximate surface area is 126 Å². The average Bonchev–Trinajstić information content (AvgIpc) is 3.15. The first-order chi connectivity index (χ1) is 10.2. The molecule has 0 aliphatic carbocycles. The van der Waals surface area contributed by atoms with Gasteiger partial charge >= 0.3 is 0 Å². The molecule has 21 heavy (non-hydrogen) atoms. The summed E-state index contributed by atoms with van der Waals surface area (Å²) in [5, 5.41) is 20.9. The maximum atomic E-state index is 6.20. The Bertz CT molecular complexity index is 924. The fraction of sp³-hybridized carbons (Fsp3) is 0.0909. The Balaban J connectivity index is 1.89. The molecule has 0 fully saturated rings. The van der Waals surface area contributed by atoms with E-state index in [9.17, 15) is 0 Å². The third-order valence-corrected chi connectivity index (χ3v) is 4.23. The lowest BCUT2D eigenvalue weighted by Gasteiger charge is -1.93. The molecule has 4 rings (SSSR count). The molecule has 8 nitrogen and oxygen atoms in total. The molecule has 4 heterocycles. The van der Waals surface area contributed by atoms with Crippen molar-refractivity contribution in [2.45, 2.75) is 6.92 Å². The molecule has 0 aliphatic rings. The first kappa shape index (κ1) is 12.4. The van der Waals surface area contributed by atoms with Gasteiger partial charge in [0.05, 0.1) is 16.9 Å². The number of fused-ring (bicyclic) bond motifs is 1. The summed E-state index contributed by atoms with van der Waals surface area (Å²) < 4.78 is 1.62. The molecule has 104 valence electrons. The Morgan fingerprint density at radius 2 is 2.19 bits per heavy atom. The fourth-order valence-electron chi connectivity index (χ4n) is 1.84. The monoisotopic (exact) mass is 318 g/mol. The number of nitrogens with zero attached hydrogens (tertiary/aromatic N) is 7. The molecule has 4 aromatic heterocycles. The Morgan fingerprint density at radius 1 is 1.29 bits per heavy atom. The molecule has 0 radical (unpaired) electrons. The number of H-pyrrole nitrogens is 1. The summed E-state index contributed by atoms with van der Waals surface area (Å²) in [5.41, 5.74) is 2.01. The predicted octanol–water partition coefficient (Wildman–Crippen LogP) is 1.99. The van der Waals surface area contributed by atoms with Gasteiger partial charge in [0.2, 0.25) is 10.8 Å². The van der Waals surface area contributed by atoms with Gasteiger partial charge in [0.1, 0.15) is 11.4 Å². The summed E-state index contributed by atoms with van der Waals surface area (Å²) in [6.45, 7) is 1.85. The summed E-state index contributed by atoms with van der Waals surface area (Å²) in [4.78, 5) is 8.87. The number of hydrogen-bond acceptors (Lipinski definition) is 7. The number of halogens is 1. The molecule has 0 spiro atoms. The van der Waals surface area contributed by atoms with Crippen LogP contribution in [-0.4, -0.2) is 40.0 Å². The molecule has 0 saturated carbocycles. The van der Waals surface area contributed by atoms with Gasteiger partial charge in [0, 0.05) is 12.4 Å². The van der Waals surface area contributed by atoms with Crippen molar-refractivity contribution in [1.29, 1.82) is 0 Å². The standard InChI is InChI=1S/C11H7ClN8S/c1-5-7(12)8(16-15-5)10-19-20-9(17-18-11(20)21-10)6-4-13-2-3-14-6/h2-4H,1H3,(H,15,16). The third kappa shape index (κ3) is 1.89. The lowest BCUT2D eigenvalue weighted by molar-refractivity contribution is 0.951. The normalized spacial score (nSPS) is 11.3. The number of rotatable bonds is 2. The number of aromatic nitrogens is 8. The van der Waals surface area contributed by atoms with Gasteiger partial charge in [-0.15, -0.1) is 10.2 Å². The van der Waals surface area contributed by atoms with Crippen LogP contribution >= 0.6 is 22.9 Å². The minimum Gasteiger partial charge on any atom is -0.281 e. The van der Waals surface area contributed by atoms with E-state index in [-0.39, 0.29) is 0 Å². The van der Waals surface area contributed by atoms with Crippen LogP contribution in [0.1, 0.15) is 5.69 Å². The van der Waals surface area contributed by atoms with Crippen LogP contribution in [0.5, 0.6) is 0 Å². The van der Waals surface area contributed by atoms with Gasteiger partial charge in [-0.25, -0.2) is 4.98 Å². The molecular weight excluding hydrogens is 312 g/mol. The van der Waals surface area contributed by atoms with Crippen LogP contribution in [0, 0.1) is 6.92 Å².